The normalized spacial score (nSPS) is 18.4. The largest absolute Gasteiger partial charge is 0.275 e. The van der Waals surface area contributed by atoms with Gasteiger partial charge in [-0.15, -0.1) is 0 Å². The van der Waals surface area contributed by atoms with Gasteiger partial charge in [-0.2, -0.15) is 0 Å². The maximum absolute atomic E-state index is 12.6. The molecule has 0 radical (unpaired) electrons. The fraction of sp³-hybridized carbons (Fsp3) is 0.895. The molecular formula is C19H34BrNO2. The van der Waals surface area contributed by atoms with E-state index in [1.807, 2.05) is 6.92 Å². The van der Waals surface area contributed by atoms with Gasteiger partial charge in [0.15, 0.2) is 0 Å². The van der Waals surface area contributed by atoms with Crippen LogP contribution in [0, 0.1) is 0 Å². The Balaban J connectivity index is 2.82. The molecule has 0 spiro atoms. The second kappa shape index (κ2) is 10.5. The highest BCUT2D eigenvalue weighted by Crippen LogP contribution is 2.40. The summed E-state index contributed by atoms with van der Waals surface area (Å²) in [5.74, 6) is -0.00855. The zero-order valence-electron chi connectivity index (χ0n) is 15.2. The van der Waals surface area contributed by atoms with Crippen LogP contribution in [0.15, 0.2) is 0 Å². The molecule has 2 amide bonds. The second-order valence-corrected chi connectivity index (χ2v) is 8.40. The standard InChI is InChI=1S/C19H34BrNO2/c1-4-6-8-10-13-19(14-11-9-7-5-2)15-12-17(22)21(19)18(23)16(3)20/h16H,4-15H2,1-3H3. The fourth-order valence-electron chi connectivity index (χ4n) is 3.72. The summed E-state index contributed by atoms with van der Waals surface area (Å²) < 4.78 is 0. The molecule has 4 heteroatoms. The number of halogens is 1. The molecule has 1 aliphatic heterocycles. The highest BCUT2D eigenvalue weighted by Gasteiger charge is 2.48. The van der Waals surface area contributed by atoms with Crippen molar-refractivity contribution in [2.75, 3.05) is 0 Å². The minimum absolute atomic E-state index is 0.0345. The van der Waals surface area contributed by atoms with E-state index in [1.54, 1.807) is 4.90 Å². The Hall–Kier alpha value is -0.380. The van der Waals surface area contributed by atoms with Crippen molar-refractivity contribution in [1.29, 1.82) is 0 Å². The van der Waals surface area contributed by atoms with Gasteiger partial charge >= 0.3 is 0 Å². The van der Waals surface area contributed by atoms with E-state index in [2.05, 4.69) is 29.8 Å². The Morgan fingerprint density at radius 1 is 1.09 bits per heavy atom. The molecule has 0 aromatic heterocycles. The van der Waals surface area contributed by atoms with E-state index in [4.69, 9.17) is 0 Å². The van der Waals surface area contributed by atoms with Crippen molar-refractivity contribution in [3.63, 3.8) is 0 Å². The van der Waals surface area contributed by atoms with Gasteiger partial charge in [-0.25, -0.2) is 0 Å². The SMILES string of the molecule is CCCCCCC1(CCCCCC)CCC(=O)N1C(=O)C(C)Br. The van der Waals surface area contributed by atoms with Gasteiger partial charge in [0.25, 0.3) is 0 Å². The van der Waals surface area contributed by atoms with E-state index >= 15 is 0 Å². The average molecular weight is 388 g/mol. The topological polar surface area (TPSA) is 37.4 Å². The first-order chi connectivity index (χ1) is 11.0. The molecule has 1 fully saturated rings. The van der Waals surface area contributed by atoms with Gasteiger partial charge in [0, 0.05) is 6.42 Å². The van der Waals surface area contributed by atoms with E-state index < -0.39 is 0 Å². The monoisotopic (exact) mass is 387 g/mol. The van der Waals surface area contributed by atoms with Crippen LogP contribution in [0.5, 0.6) is 0 Å². The van der Waals surface area contributed by atoms with Gasteiger partial charge in [-0.3, -0.25) is 14.5 Å². The van der Waals surface area contributed by atoms with Gasteiger partial charge in [0.05, 0.1) is 10.4 Å². The van der Waals surface area contributed by atoms with Crippen LogP contribution in [0.25, 0.3) is 0 Å². The van der Waals surface area contributed by atoms with Crippen LogP contribution >= 0.6 is 15.9 Å². The third kappa shape index (κ3) is 5.88. The Morgan fingerprint density at radius 2 is 1.61 bits per heavy atom. The van der Waals surface area contributed by atoms with Crippen LogP contribution in [0.1, 0.15) is 97.8 Å². The van der Waals surface area contributed by atoms with Crippen LogP contribution in [0.2, 0.25) is 0 Å². The van der Waals surface area contributed by atoms with Crippen molar-refractivity contribution in [1.82, 2.24) is 4.90 Å². The molecule has 1 saturated heterocycles. The van der Waals surface area contributed by atoms with Crippen molar-refractivity contribution in [2.45, 2.75) is 108 Å². The molecule has 1 aliphatic rings. The molecule has 134 valence electrons. The van der Waals surface area contributed by atoms with Gasteiger partial charge in [0.1, 0.15) is 0 Å². The number of alkyl halides is 1. The number of imide groups is 1. The summed E-state index contributed by atoms with van der Waals surface area (Å²) in [5, 5.41) is 0. The smallest absolute Gasteiger partial charge is 0.243 e. The van der Waals surface area contributed by atoms with E-state index in [1.165, 1.54) is 38.5 Å². The first-order valence-electron chi connectivity index (χ1n) is 9.49. The first kappa shape index (κ1) is 20.7. The highest BCUT2D eigenvalue weighted by molar-refractivity contribution is 9.10. The third-order valence-electron chi connectivity index (χ3n) is 5.08. The first-order valence-corrected chi connectivity index (χ1v) is 10.4. The summed E-state index contributed by atoms with van der Waals surface area (Å²) in [6.45, 7) is 6.25. The summed E-state index contributed by atoms with van der Waals surface area (Å²) in [6.07, 6.45) is 12.9. The van der Waals surface area contributed by atoms with Crippen molar-refractivity contribution >= 4 is 27.7 Å². The Bertz CT molecular complexity index is 370. The van der Waals surface area contributed by atoms with Crippen molar-refractivity contribution < 1.29 is 9.59 Å². The number of rotatable bonds is 11. The van der Waals surface area contributed by atoms with Crippen molar-refractivity contribution in [3.05, 3.63) is 0 Å². The quantitative estimate of drug-likeness (QED) is 0.341. The van der Waals surface area contributed by atoms with Crippen LogP contribution in [-0.2, 0) is 9.59 Å². The van der Waals surface area contributed by atoms with E-state index in [0.29, 0.717) is 6.42 Å². The Morgan fingerprint density at radius 3 is 2.04 bits per heavy atom. The number of carbonyl (C=O) groups excluding carboxylic acids is 2. The number of likely N-dealkylation sites (tertiary alicyclic amines) is 1. The van der Waals surface area contributed by atoms with Crippen molar-refractivity contribution in [3.8, 4) is 0 Å². The molecule has 0 aromatic rings. The Kier molecular flexibility index (Phi) is 9.41. The number of carbonyl (C=O) groups is 2. The molecule has 0 N–H and O–H groups in total. The van der Waals surface area contributed by atoms with E-state index in [9.17, 15) is 9.59 Å². The molecule has 1 atom stereocenters. The zero-order valence-corrected chi connectivity index (χ0v) is 16.8. The predicted octanol–water partition coefficient (Wildman–Crippen LogP) is 5.60. The van der Waals surface area contributed by atoms with Crippen LogP contribution in [0.3, 0.4) is 0 Å². The second-order valence-electron chi connectivity index (χ2n) is 7.03. The molecule has 0 aliphatic carbocycles. The summed E-state index contributed by atoms with van der Waals surface area (Å²) in [6, 6.07) is 0. The van der Waals surface area contributed by atoms with E-state index in [-0.39, 0.29) is 22.2 Å². The predicted molar refractivity (Wildman–Crippen MR) is 99.7 cm³/mol. The molecule has 0 bridgehead atoms. The maximum Gasteiger partial charge on any atom is 0.243 e. The average Bonchev–Trinajstić information content (AvgIpc) is 2.84. The summed E-state index contributed by atoms with van der Waals surface area (Å²) in [7, 11) is 0. The number of unbranched alkanes of at least 4 members (excludes halogenated alkanes) is 6. The minimum atomic E-state index is -0.282. The third-order valence-corrected chi connectivity index (χ3v) is 5.47. The minimum Gasteiger partial charge on any atom is -0.275 e. The molecule has 3 nitrogen and oxygen atoms in total. The molecule has 1 heterocycles. The molecule has 0 saturated carbocycles. The van der Waals surface area contributed by atoms with Crippen molar-refractivity contribution in [2.24, 2.45) is 0 Å². The molecule has 1 unspecified atom stereocenters. The fourth-order valence-corrected chi connectivity index (χ4v) is 3.93. The lowest BCUT2D eigenvalue weighted by atomic mass is 9.83. The van der Waals surface area contributed by atoms with Crippen LogP contribution < -0.4 is 0 Å². The lowest BCUT2D eigenvalue weighted by Crippen LogP contribution is -2.51. The number of amides is 2. The van der Waals surface area contributed by atoms with Gasteiger partial charge in [0.2, 0.25) is 11.8 Å². The molecule has 23 heavy (non-hydrogen) atoms. The lowest BCUT2D eigenvalue weighted by molar-refractivity contribution is -0.147. The van der Waals surface area contributed by atoms with Crippen LogP contribution in [-0.4, -0.2) is 27.1 Å². The summed E-state index contributed by atoms with van der Waals surface area (Å²) in [4.78, 5) is 26.4. The van der Waals surface area contributed by atoms with E-state index in [0.717, 1.165) is 32.1 Å². The maximum atomic E-state index is 12.6. The molecule has 0 aromatic carbocycles. The molecular weight excluding hydrogens is 354 g/mol. The lowest BCUT2D eigenvalue weighted by Gasteiger charge is -2.38. The number of hydrogen-bond acceptors (Lipinski definition) is 2. The number of nitrogens with zero attached hydrogens (tertiary/aromatic N) is 1. The van der Waals surface area contributed by atoms with Gasteiger partial charge < -0.3 is 0 Å². The Labute approximate surface area is 150 Å². The summed E-state index contributed by atoms with van der Waals surface area (Å²) >= 11 is 3.37. The van der Waals surface area contributed by atoms with Crippen LogP contribution in [0.4, 0.5) is 0 Å². The highest BCUT2D eigenvalue weighted by atomic mass is 79.9. The van der Waals surface area contributed by atoms with Gasteiger partial charge in [-0.1, -0.05) is 81.1 Å². The van der Waals surface area contributed by atoms with Gasteiger partial charge in [-0.05, 0) is 26.2 Å². The molecule has 1 rings (SSSR count). The zero-order chi connectivity index (χ0) is 17.3. The number of hydrogen-bond donors (Lipinski definition) is 0. The summed E-state index contributed by atoms with van der Waals surface area (Å²) in [5.41, 5.74) is -0.211.